The molecule has 0 radical (unpaired) electrons. The third-order valence-electron chi connectivity index (χ3n) is 2.80. The molecular weight excluding hydrogens is 259 g/mol. The van der Waals surface area contributed by atoms with Crippen molar-refractivity contribution in [3.63, 3.8) is 0 Å². The second kappa shape index (κ2) is 6.63. The second-order valence-electron chi connectivity index (χ2n) is 4.23. The van der Waals surface area contributed by atoms with Gasteiger partial charge in [-0.2, -0.15) is 0 Å². The van der Waals surface area contributed by atoms with Gasteiger partial charge in [0, 0.05) is 19.3 Å². The largest absolute Gasteiger partial charge is 0.409 e. The summed E-state index contributed by atoms with van der Waals surface area (Å²) in [7, 11) is 0. The SMILES string of the molecule is NC(=NO)c1ncccc1CNCc1ccc(F)cc1. The Morgan fingerprint density at radius 1 is 1.25 bits per heavy atom. The van der Waals surface area contributed by atoms with Crippen molar-refractivity contribution in [2.24, 2.45) is 10.9 Å². The van der Waals surface area contributed by atoms with Crippen molar-refractivity contribution < 1.29 is 9.60 Å². The zero-order valence-corrected chi connectivity index (χ0v) is 10.8. The lowest BCUT2D eigenvalue weighted by Crippen LogP contribution is -2.21. The average molecular weight is 274 g/mol. The number of pyridine rings is 1. The molecule has 0 fully saturated rings. The quantitative estimate of drug-likeness (QED) is 0.335. The Hall–Kier alpha value is -2.47. The molecule has 20 heavy (non-hydrogen) atoms. The first-order chi connectivity index (χ1) is 9.70. The van der Waals surface area contributed by atoms with Gasteiger partial charge in [-0.3, -0.25) is 4.98 Å². The van der Waals surface area contributed by atoms with Crippen molar-refractivity contribution in [3.8, 4) is 0 Å². The molecular formula is C14H15FN4O. The molecule has 2 aromatic rings. The summed E-state index contributed by atoms with van der Waals surface area (Å²) < 4.78 is 12.8. The summed E-state index contributed by atoms with van der Waals surface area (Å²) in [5.74, 6) is -0.278. The zero-order chi connectivity index (χ0) is 14.4. The highest BCUT2D eigenvalue weighted by Crippen LogP contribution is 2.06. The van der Waals surface area contributed by atoms with Crippen LogP contribution in [0.3, 0.4) is 0 Å². The molecule has 0 saturated heterocycles. The molecule has 0 saturated carbocycles. The predicted molar refractivity (Wildman–Crippen MR) is 73.7 cm³/mol. The summed E-state index contributed by atoms with van der Waals surface area (Å²) in [6, 6.07) is 9.90. The van der Waals surface area contributed by atoms with E-state index in [1.54, 1.807) is 24.4 Å². The van der Waals surface area contributed by atoms with Crippen molar-refractivity contribution in [2.45, 2.75) is 13.1 Å². The summed E-state index contributed by atoms with van der Waals surface area (Å²) in [5.41, 5.74) is 7.81. The van der Waals surface area contributed by atoms with E-state index >= 15 is 0 Å². The van der Waals surface area contributed by atoms with Crippen LogP contribution in [0.1, 0.15) is 16.8 Å². The van der Waals surface area contributed by atoms with Gasteiger partial charge >= 0.3 is 0 Å². The fourth-order valence-corrected chi connectivity index (χ4v) is 1.80. The lowest BCUT2D eigenvalue weighted by Gasteiger charge is -2.08. The first-order valence-electron chi connectivity index (χ1n) is 6.07. The molecule has 1 aromatic heterocycles. The van der Waals surface area contributed by atoms with Crippen molar-refractivity contribution in [2.75, 3.05) is 0 Å². The topological polar surface area (TPSA) is 83.5 Å². The van der Waals surface area contributed by atoms with E-state index in [0.717, 1.165) is 11.1 Å². The fraction of sp³-hybridized carbons (Fsp3) is 0.143. The highest BCUT2D eigenvalue weighted by molar-refractivity contribution is 5.96. The maximum atomic E-state index is 12.8. The number of amidine groups is 1. The number of benzene rings is 1. The maximum Gasteiger partial charge on any atom is 0.189 e. The van der Waals surface area contributed by atoms with Crippen molar-refractivity contribution in [1.82, 2.24) is 10.3 Å². The molecule has 2 rings (SSSR count). The van der Waals surface area contributed by atoms with E-state index in [0.29, 0.717) is 18.8 Å². The number of hydrogen-bond donors (Lipinski definition) is 3. The number of halogens is 1. The van der Waals surface area contributed by atoms with E-state index in [1.807, 2.05) is 6.07 Å². The van der Waals surface area contributed by atoms with E-state index in [4.69, 9.17) is 10.9 Å². The molecule has 0 aliphatic heterocycles. The monoisotopic (exact) mass is 274 g/mol. The summed E-state index contributed by atoms with van der Waals surface area (Å²) in [5, 5.41) is 14.9. The van der Waals surface area contributed by atoms with E-state index in [2.05, 4.69) is 15.5 Å². The summed E-state index contributed by atoms with van der Waals surface area (Å²) in [6.45, 7) is 1.10. The maximum absolute atomic E-state index is 12.8. The van der Waals surface area contributed by atoms with E-state index in [-0.39, 0.29) is 11.7 Å². The third kappa shape index (κ3) is 3.52. The molecule has 104 valence electrons. The number of nitrogens with two attached hydrogens (primary N) is 1. The number of oxime groups is 1. The predicted octanol–water partition coefficient (Wildman–Crippen LogP) is 1.60. The number of aromatic nitrogens is 1. The van der Waals surface area contributed by atoms with Crippen molar-refractivity contribution in [1.29, 1.82) is 0 Å². The van der Waals surface area contributed by atoms with Gasteiger partial charge in [0.05, 0.1) is 0 Å². The Balaban J connectivity index is 1.99. The lowest BCUT2D eigenvalue weighted by atomic mass is 10.1. The Morgan fingerprint density at radius 2 is 2.00 bits per heavy atom. The van der Waals surface area contributed by atoms with Gasteiger partial charge in [0.2, 0.25) is 0 Å². The number of nitrogens with zero attached hydrogens (tertiary/aromatic N) is 2. The van der Waals surface area contributed by atoms with Crippen LogP contribution in [0, 0.1) is 5.82 Å². The van der Waals surface area contributed by atoms with Gasteiger partial charge in [0.15, 0.2) is 5.84 Å². The summed E-state index contributed by atoms with van der Waals surface area (Å²) in [4.78, 5) is 4.08. The molecule has 0 atom stereocenters. The van der Waals surface area contributed by atoms with Crippen molar-refractivity contribution >= 4 is 5.84 Å². The summed E-state index contributed by atoms with van der Waals surface area (Å²) in [6.07, 6.45) is 1.58. The average Bonchev–Trinajstić information content (AvgIpc) is 2.49. The van der Waals surface area contributed by atoms with E-state index < -0.39 is 0 Å². The molecule has 0 spiro atoms. The van der Waals surface area contributed by atoms with Gasteiger partial charge in [0.1, 0.15) is 11.5 Å². The standard InChI is InChI=1S/C14H15FN4O/c15-12-5-3-10(4-6-12)8-17-9-11-2-1-7-18-13(11)14(16)19-20/h1-7,17,20H,8-9H2,(H2,16,19). The smallest absolute Gasteiger partial charge is 0.189 e. The first kappa shape index (κ1) is 14.0. The van der Waals surface area contributed by atoms with Gasteiger partial charge in [-0.05, 0) is 29.3 Å². The lowest BCUT2D eigenvalue weighted by molar-refractivity contribution is 0.318. The van der Waals surface area contributed by atoms with Crippen LogP contribution < -0.4 is 11.1 Å². The van der Waals surface area contributed by atoms with Gasteiger partial charge in [-0.25, -0.2) is 4.39 Å². The molecule has 1 heterocycles. The van der Waals surface area contributed by atoms with Crippen LogP contribution in [0.4, 0.5) is 4.39 Å². The number of hydrogen-bond acceptors (Lipinski definition) is 4. The molecule has 0 aliphatic carbocycles. The third-order valence-corrected chi connectivity index (χ3v) is 2.80. The molecule has 0 bridgehead atoms. The minimum Gasteiger partial charge on any atom is -0.409 e. The van der Waals surface area contributed by atoms with Gasteiger partial charge in [0.25, 0.3) is 0 Å². The molecule has 4 N–H and O–H groups in total. The highest BCUT2D eigenvalue weighted by atomic mass is 19.1. The Labute approximate surface area is 116 Å². The Kier molecular flexibility index (Phi) is 4.62. The molecule has 6 heteroatoms. The fourth-order valence-electron chi connectivity index (χ4n) is 1.80. The second-order valence-corrected chi connectivity index (χ2v) is 4.23. The van der Waals surface area contributed by atoms with E-state index in [9.17, 15) is 4.39 Å². The minimum absolute atomic E-state index is 0.0239. The Bertz CT molecular complexity index is 598. The van der Waals surface area contributed by atoms with Gasteiger partial charge in [-0.15, -0.1) is 0 Å². The summed E-state index contributed by atoms with van der Waals surface area (Å²) >= 11 is 0. The van der Waals surface area contributed by atoms with Crippen LogP contribution in [0.15, 0.2) is 47.8 Å². The molecule has 0 unspecified atom stereocenters. The minimum atomic E-state index is -0.254. The van der Waals surface area contributed by atoms with Crippen LogP contribution in [0.25, 0.3) is 0 Å². The highest BCUT2D eigenvalue weighted by Gasteiger charge is 2.07. The van der Waals surface area contributed by atoms with Crippen molar-refractivity contribution in [3.05, 3.63) is 65.2 Å². The first-order valence-corrected chi connectivity index (χ1v) is 6.07. The van der Waals surface area contributed by atoms with Crippen LogP contribution >= 0.6 is 0 Å². The van der Waals surface area contributed by atoms with Crippen LogP contribution in [0.5, 0.6) is 0 Å². The normalized spacial score (nSPS) is 11.6. The van der Waals surface area contributed by atoms with Gasteiger partial charge < -0.3 is 16.3 Å². The zero-order valence-electron chi connectivity index (χ0n) is 10.8. The number of nitrogens with one attached hydrogen (secondary N) is 1. The molecule has 0 amide bonds. The van der Waals surface area contributed by atoms with Gasteiger partial charge in [-0.1, -0.05) is 23.4 Å². The Morgan fingerprint density at radius 3 is 2.70 bits per heavy atom. The van der Waals surface area contributed by atoms with Crippen LogP contribution in [-0.2, 0) is 13.1 Å². The molecule has 1 aromatic carbocycles. The number of rotatable bonds is 5. The van der Waals surface area contributed by atoms with E-state index in [1.165, 1.54) is 12.1 Å². The molecule has 5 nitrogen and oxygen atoms in total. The van der Waals surface area contributed by atoms with Crippen LogP contribution in [-0.4, -0.2) is 16.0 Å². The molecule has 0 aliphatic rings. The van der Waals surface area contributed by atoms with Crippen LogP contribution in [0.2, 0.25) is 0 Å².